The first kappa shape index (κ1) is 9.97. The quantitative estimate of drug-likeness (QED) is 0.781. The van der Waals surface area contributed by atoms with Crippen molar-refractivity contribution in [1.82, 2.24) is 5.32 Å². The van der Waals surface area contributed by atoms with E-state index in [2.05, 4.69) is 17.4 Å². The van der Waals surface area contributed by atoms with E-state index in [1.165, 1.54) is 5.56 Å². The van der Waals surface area contributed by atoms with Crippen LogP contribution in [0.2, 0.25) is 0 Å². The monoisotopic (exact) mass is 219 g/mol. The molecule has 0 spiro atoms. The molecule has 16 heavy (non-hydrogen) atoms. The van der Waals surface area contributed by atoms with Gasteiger partial charge in [0.2, 0.25) is 0 Å². The molecule has 0 saturated carbocycles. The largest absolute Gasteiger partial charge is 0.493 e. The van der Waals surface area contributed by atoms with Crippen molar-refractivity contribution in [3.05, 3.63) is 23.8 Å². The summed E-state index contributed by atoms with van der Waals surface area (Å²) in [5.74, 6) is 3.13. The van der Waals surface area contributed by atoms with Crippen LogP contribution in [-0.4, -0.2) is 26.8 Å². The molecule has 2 aliphatic heterocycles. The topological polar surface area (TPSA) is 30.5 Å². The molecule has 2 atom stereocenters. The third kappa shape index (κ3) is 1.47. The summed E-state index contributed by atoms with van der Waals surface area (Å²) in [5, 5.41) is 3.47. The van der Waals surface area contributed by atoms with Gasteiger partial charge in [-0.3, -0.25) is 0 Å². The zero-order chi connectivity index (χ0) is 11.0. The number of fused-ring (bicyclic) bond motifs is 3. The molecule has 0 radical (unpaired) electrons. The zero-order valence-corrected chi connectivity index (χ0v) is 9.53. The Labute approximate surface area is 95.8 Å². The third-order valence-corrected chi connectivity index (χ3v) is 3.70. The summed E-state index contributed by atoms with van der Waals surface area (Å²) in [6.45, 7) is 2.98. The molecule has 0 unspecified atom stereocenters. The van der Waals surface area contributed by atoms with Gasteiger partial charge in [0.25, 0.3) is 0 Å². The highest BCUT2D eigenvalue weighted by Crippen LogP contribution is 2.43. The molecular formula is C13H17NO2. The summed E-state index contributed by atoms with van der Waals surface area (Å²) in [6, 6.07) is 6.21. The average molecular weight is 219 g/mol. The Morgan fingerprint density at radius 3 is 3.19 bits per heavy atom. The van der Waals surface area contributed by atoms with Crippen molar-refractivity contribution in [3.8, 4) is 11.5 Å². The van der Waals surface area contributed by atoms with E-state index < -0.39 is 0 Å². The molecule has 0 aromatic heterocycles. The Kier molecular flexibility index (Phi) is 2.48. The van der Waals surface area contributed by atoms with Crippen molar-refractivity contribution < 1.29 is 9.47 Å². The molecule has 86 valence electrons. The van der Waals surface area contributed by atoms with E-state index in [9.17, 15) is 0 Å². The highest BCUT2D eigenvalue weighted by Gasteiger charge is 2.33. The van der Waals surface area contributed by atoms with Crippen LogP contribution in [0.4, 0.5) is 0 Å². The van der Waals surface area contributed by atoms with Crippen LogP contribution in [0.3, 0.4) is 0 Å². The number of nitrogens with one attached hydrogen (secondary N) is 1. The Bertz CT molecular complexity index is 392. The molecule has 3 rings (SSSR count). The summed E-state index contributed by atoms with van der Waals surface area (Å²) in [4.78, 5) is 0. The van der Waals surface area contributed by atoms with Gasteiger partial charge in [-0.15, -0.1) is 0 Å². The highest BCUT2D eigenvalue weighted by molar-refractivity contribution is 5.49. The number of benzene rings is 1. The molecule has 2 heterocycles. The molecule has 1 N–H and O–H groups in total. The summed E-state index contributed by atoms with van der Waals surface area (Å²) < 4.78 is 11.2. The lowest BCUT2D eigenvalue weighted by atomic mass is 9.87. The van der Waals surface area contributed by atoms with E-state index in [1.54, 1.807) is 7.11 Å². The van der Waals surface area contributed by atoms with Crippen molar-refractivity contribution >= 4 is 0 Å². The molecule has 0 aliphatic carbocycles. The van der Waals surface area contributed by atoms with E-state index in [1.807, 2.05) is 6.07 Å². The number of ether oxygens (including phenoxy) is 2. The first-order chi connectivity index (χ1) is 7.90. The van der Waals surface area contributed by atoms with Crippen LogP contribution in [-0.2, 0) is 0 Å². The number of rotatable bonds is 1. The van der Waals surface area contributed by atoms with E-state index in [0.717, 1.165) is 37.6 Å². The summed E-state index contributed by atoms with van der Waals surface area (Å²) >= 11 is 0. The van der Waals surface area contributed by atoms with Crippen LogP contribution < -0.4 is 14.8 Å². The predicted octanol–water partition coefficient (Wildman–Crippen LogP) is 1.78. The lowest BCUT2D eigenvalue weighted by Gasteiger charge is -2.17. The van der Waals surface area contributed by atoms with E-state index in [-0.39, 0.29) is 0 Å². The SMILES string of the molecule is COc1cccc2c1OCC[C@H]1CNC[C@H]21. The molecule has 1 saturated heterocycles. The van der Waals surface area contributed by atoms with Gasteiger partial charge >= 0.3 is 0 Å². The van der Waals surface area contributed by atoms with E-state index in [0.29, 0.717) is 11.8 Å². The van der Waals surface area contributed by atoms with Crippen LogP contribution in [0.15, 0.2) is 18.2 Å². The summed E-state index contributed by atoms with van der Waals surface area (Å²) in [5.41, 5.74) is 1.31. The van der Waals surface area contributed by atoms with Crippen molar-refractivity contribution in [1.29, 1.82) is 0 Å². The van der Waals surface area contributed by atoms with Gasteiger partial charge in [-0.25, -0.2) is 0 Å². The van der Waals surface area contributed by atoms with Gasteiger partial charge in [-0.05, 0) is 24.9 Å². The second-order valence-electron chi connectivity index (χ2n) is 4.54. The third-order valence-electron chi connectivity index (χ3n) is 3.70. The number of methoxy groups -OCH3 is 1. The van der Waals surface area contributed by atoms with Crippen molar-refractivity contribution in [2.24, 2.45) is 5.92 Å². The number of hydrogen-bond donors (Lipinski definition) is 1. The molecular weight excluding hydrogens is 202 g/mol. The van der Waals surface area contributed by atoms with Crippen molar-refractivity contribution in [3.63, 3.8) is 0 Å². The van der Waals surface area contributed by atoms with Crippen molar-refractivity contribution in [2.75, 3.05) is 26.8 Å². The first-order valence-corrected chi connectivity index (χ1v) is 5.90. The molecule has 2 aliphatic rings. The Morgan fingerprint density at radius 1 is 1.38 bits per heavy atom. The maximum atomic E-state index is 5.85. The van der Waals surface area contributed by atoms with Gasteiger partial charge in [0.1, 0.15) is 0 Å². The molecule has 0 bridgehead atoms. The standard InChI is InChI=1S/C13H17NO2/c1-15-12-4-2-3-10-11-8-14-7-9(11)5-6-16-13(10)12/h2-4,9,11,14H,5-8H2,1H3/t9-,11-/m0/s1. The number of para-hydroxylation sites is 1. The molecule has 1 fully saturated rings. The minimum Gasteiger partial charge on any atom is -0.493 e. The van der Waals surface area contributed by atoms with Gasteiger partial charge in [-0.2, -0.15) is 0 Å². The Hall–Kier alpha value is -1.22. The van der Waals surface area contributed by atoms with Crippen LogP contribution >= 0.6 is 0 Å². The molecule has 1 aromatic rings. The van der Waals surface area contributed by atoms with Gasteiger partial charge in [0, 0.05) is 18.0 Å². The Balaban J connectivity index is 2.07. The lowest BCUT2D eigenvalue weighted by Crippen LogP contribution is -2.11. The smallest absolute Gasteiger partial charge is 0.164 e. The van der Waals surface area contributed by atoms with E-state index >= 15 is 0 Å². The van der Waals surface area contributed by atoms with Crippen LogP contribution in [0, 0.1) is 5.92 Å². The Morgan fingerprint density at radius 2 is 2.31 bits per heavy atom. The fraction of sp³-hybridized carbons (Fsp3) is 0.538. The maximum absolute atomic E-state index is 5.85. The average Bonchev–Trinajstić information content (AvgIpc) is 2.71. The van der Waals surface area contributed by atoms with Gasteiger partial charge in [0.15, 0.2) is 11.5 Å². The van der Waals surface area contributed by atoms with Crippen LogP contribution in [0.25, 0.3) is 0 Å². The normalized spacial score (nSPS) is 27.6. The van der Waals surface area contributed by atoms with Gasteiger partial charge < -0.3 is 14.8 Å². The molecule has 1 aromatic carbocycles. The second-order valence-corrected chi connectivity index (χ2v) is 4.54. The van der Waals surface area contributed by atoms with Crippen LogP contribution in [0.1, 0.15) is 17.9 Å². The van der Waals surface area contributed by atoms with E-state index in [4.69, 9.17) is 9.47 Å². The first-order valence-electron chi connectivity index (χ1n) is 5.90. The minimum atomic E-state index is 0.590. The second kappa shape index (κ2) is 3.98. The molecule has 0 amide bonds. The predicted molar refractivity (Wildman–Crippen MR) is 62.2 cm³/mol. The summed E-state index contributed by atoms with van der Waals surface area (Å²) in [7, 11) is 1.70. The zero-order valence-electron chi connectivity index (χ0n) is 9.53. The number of hydrogen-bond acceptors (Lipinski definition) is 3. The lowest BCUT2D eigenvalue weighted by molar-refractivity contribution is 0.280. The minimum absolute atomic E-state index is 0.590. The fourth-order valence-electron chi connectivity index (χ4n) is 2.85. The maximum Gasteiger partial charge on any atom is 0.164 e. The fourth-order valence-corrected chi connectivity index (χ4v) is 2.85. The molecule has 3 nitrogen and oxygen atoms in total. The van der Waals surface area contributed by atoms with Gasteiger partial charge in [0.05, 0.1) is 13.7 Å². The summed E-state index contributed by atoms with van der Waals surface area (Å²) in [6.07, 6.45) is 1.13. The van der Waals surface area contributed by atoms with Gasteiger partial charge in [-0.1, -0.05) is 12.1 Å². The molecule has 3 heteroatoms. The van der Waals surface area contributed by atoms with Crippen molar-refractivity contribution in [2.45, 2.75) is 12.3 Å². The highest BCUT2D eigenvalue weighted by atomic mass is 16.5. The van der Waals surface area contributed by atoms with Crippen LogP contribution in [0.5, 0.6) is 11.5 Å².